The number of carboxylic acids is 1. The Balaban J connectivity index is 2.47. The number of hydrogen-bond acceptors (Lipinski definition) is 6. The fourth-order valence-electron chi connectivity index (χ4n) is 2.31. The zero-order valence-electron chi connectivity index (χ0n) is 13.3. The molecule has 0 radical (unpaired) electrons. The van der Waals surface area contributed by atoms with Crippen molar-refractivity contribution in [3.05, 3.63) is 40.9 Å². The van der Waals surface area contributed by atoms with E-state index in [9.17, 15) is 23.4 Å². The Kier molecular flexibility index (Phi) is 5.57. The van der Waals surface area contributed by atoms with Crippen LogP contribution in [0.1, 0.15) is 0 Å². The summed E-state index contributed by atoms with van der Waals surface area (Å²) >= 11 is 3.13. The van der Waals surface area contributed by atoms with Crippen LogP contribution in [0.25, 0.3) is 0 Å². The lowest BCUT2D eigenvalue weighted by Gasteiger charge is -2.31. The molecule has 3 N–H and O–H groups in total. The normalized spacial score (nSPS) is 22.6. The van der Waals surface area contributed by atoms with Crippen molar-refractivity contribution in [2.24, 2.45) is 5.92 Å². The van der Waals surface area contributed by atoms with E-state index in [4.69, 9.17) is 9.47 Å². The summed E-state index contributed by atoms with van der Waals surface area (Å²) in [5, 5.41) is 19.8. The maximum absolute atomic E-state index is 12.7. The summed E-state index contributed by atoms with van der Waals surface area (Å²) in [7, 11) is -1.56. The highest BCUT2D eigenvalue weighted by Crippen LogP contribution is 2.36. The first kappa shape index (κ1) is 19.4. The van der Waals surface area contributed by atoms with Crippen LogP contribution < -0.4 is 14.2 Å². The molecular formula is C15H16BrNO7S. The van der Waals surface area contributed by atoms with Gasteiger partial charge in [-0.25, -0.2) is 8.42 Å². The minimum absolute atomic E-state index is 0.156. The van der Waals surface area contributed by atoms with E-state index >= 15 is 0 Å². The summed E-state index contributed by atoms with van der Waals surface area (Å²) in [4.78, 5) is 11.1. The Morgan fingerprint density at radius 2 is 1.84 bits per heavy atom. The van der Waals surface area contributed by atoms with Crippen molar-refractivity contribution in [3.8, 4) is 11.5 Å². The number of rotatable bonds is 6. The minimum atomic E-state index is -4.30. The van der Waals surface area contributed by atoms with Gasteiger partial charge in [0.1, 0.15) is 10.8 Å². The minimum Gasteiger partial charge on any atom is -0.493 e. The number of sulfonamides is 1. The number of aliphatic hydroxyl groups is 1. The van der Waals surface area contributed by atoms with Gasteiger partial charge in [0.2, 0.25) is 10.0 Å². The summed E-state index contributed by atoms with van der Waals surface area (Å²) in [5.74, 6) is -2.40. The Morgan fingerprint density at radius 3 is 2.40 bits per heavy atom. The van der Waals surface area contributed by atoms with Gasteiger partial charge >= 0.3 is 5.97 Å². The third-order valence-corrected chi connectivity index (χ3v) is 5.96. The lowest BCUT2D eigenvalue weighted by Crippen LogP contribution is -2.54. The van der Waals surface area contributed by atoms with Gasteiger partial charge in [0.15, 0.2) is 17.2 Å². The first-order valence-electron chi connectivity index (χ1n) is 6.91. The van der Waals surface area contributed by atoms with Crippen molar-refractivity contribution < 1.29 is 32.9 Å². The van der Waals surface area contributed by atoms with Crippen LogP contribution in [0.15, 0.2) is 45.8 Å². The van der Waals surface area contributed by atoms with Crippen LogP contribution in [0.4, 0.5) is 0 Å². The van der Waals surface area contributed by atoms with E-state index in [0.717, 1.165) is 6.08 Å². The maximum atomic E-state index is 12.7. The molecule has 8 nitrogen and oxygen atoms in total. The summed E-state index contributed by atoms with van der Waals surface area (Å²) in [6.07, 6.45) is 5.02. The molecule has 2 unspecified atom stereocenters. The first-order valence-corrected chi connectivity index (χ1v) is 9.19. The molecule has 0 amide bonds. The second kappa shape index (κ2) is 7.16. The average molecular weight is 434 g/mol. The van der Waals surface area contributed by atoms with E-state index in [1.165, 1.54) is 44.6 Å². The highest BCUT2D eigenvalue weighted by Gasteiger charge is 2.43. The third kappa shape index (κ3) is 3.87. The van der Waals surface area contributed by atoms with Crippen molar-refractivity contribution in [1.82, 2.24) is 4.72 Å². The number of carbonyl (C=O) groups is 1. The van der Waals surface area contributed by atoms with Gasteiger partial charge in [-0.15, -0.1) is 0 Å². The lowest BCUT2D eigenvalue weighted by molar-refractivity contribution is -0.146. The molecule has 0 bridgehead atoms. The van der Waals surface area contributed by atoms with Gasteiger partial charge in [0, 0.05) is 10.5 Å². The smallest absolute Gasteiger partial charge is 0.315 e. The number of hydrogen-bond donors (Lipinski definition) is 3. The molecular weight excluding hydrogens is 418 g/mol. The molecule has 25 heavy (non-hydrogen) atoms. The fraction of sp³-hybridized carbons (Fsp3) is 0.267. The van der Waals surface area contributed by atoms with Gasteiger partial charge in [0.05, 0.1) is 14.2 Å². The Labute approximate surface area is 152 Å². The van der Waals surface area contributed by atoms with Gasteiger partial charge in [0.25, 0.3) is 0 Å². The standard InChI is InChI=1S/C15H16BrNO7S/c1-23-11-7-10(16)13(8-12(11)24-2)25(21,22)17-15(20)6-4-3-5-9(15)14(18)19/h3-9,17,20H,1-2H3,(H,18,19). The molecule has 0 aromatic heterocycles. The lowest BCUT2D eigenvalue weighted by atomic mass is 9.92. The number of benzene rings is 1. The number of carboxylic acid groups (broad SMARTS) is 1. The van der Waals surface area contributed by atoms with Crippen molar-refractivity contribution in [2.45, 2.75) is 10.6 Å². The van der Waals surface area contributed by atoms with E-state index in [1.54, 1.807) is 0 Å². The molecule has 1 aliphatic rings. The Bertz CT molecular complexity index is 850. The molecule has 1 aromatic rings. The number of aliphatic carboxylic acids is 1. The predicted octanol–water partition coefficient (Wildman–Crippen LogP) is 1.26. The molecule has 10 heteroatoms. The number of methoxy groups -OCH3 is 2. The summed E-state index contributed by atoms with van der Waals surface area (Å²) < 4.78 is 37.8. The highest BCUT2D eigenvalue weighted by atomic mass is 79.9. The molecule has 0 saturated heterocycles. The predicted molar refractivity (Wildman–Crippen MR) is 91.9 cm³/mol. The second-order valence-electron chi connectivity index (χ2n) is 5.13. The molecule has 0 heterocycles. The number of halogens is 1. The third-order valence-electron chi connectivity index (χ3n) is 3.53. The molecule has 0 saturated carbocycles. The maximum Gasteiger partial charge on any atom is 0.315 e. The van der Waals surface area contributed by atoms with Crippen LogP contribution in [0, 0.1) is 5.92 Å². The van der Waals surface area contributed by atoms with Crippen molar-refractivity contribution in [3.63, 3.8) is 0 Å². The first-order chi connectivity index (χ1) is 11.6. The average Bonchev–Trinajstić information content (AvgIpc) is 2.53. The summed E-state index contributed by atoms with van der Waals surface area (Å²) in [5.41, 5.74) is -2.31. The highest BCUT2D eigenvalue weighted by molar-refractivity contribution is 9.10. The van der Waals surface area contributed by atoms with Gasteiger partial charge in [-0.2, -0.15) is 4.72 Å². The Morgan fingerprint density at radius 1 is 1.24 bits per heavy atom. The van der Waals surface area contributed by atoms with Gasteiger partial charge < -0.3 is 19.7 Å². The Hall–Kier alpha value is -1.88. The van der Waals surface area contributed by atoms with Crippen molar-refractivity contribution >= 4 is 31.9 Å². The van der Waals surface area contributed by atoms with Gasteiger partial charge in [-0.3, -0.25) is 4.79 Å². The number of allylic oxidation sites excluding steroid dienone is 2. The van der Waals surface area contributed by atoms with Crippen LogP contribution >= 0.6 is 15.9 Å². The fourth-order valence-corrected chi connectivity index (χ4v) is 4.58. The molecule has 136 valence electrons. The topological polar surface area (TPSA) is 122 Å². The van der Waals surface area contributed by atoms with Gasteiger partial charge in [-0.1, -0.05) is 18.2 Å². The second-order valence-corrected chi connectivity index (χ2v) is 7.63. The van der Waals surface area contributed by atoms with Crippen LogP contribution in [0.5, 0.6) is 11.5 Å². The zero-order valence-corrected chi connectivity index (χ0v) is 15.7. The van der Waals surface area contributed by atoms with E-state index in [-0.39, 0.29) is 15.1 Å². The van der Waals surface area contributed by atoms with E-state index in [2.05, 4.69) is 15.9 Å². The molecule has 0 aliphatic heterocycles. The monoisotopic (exact) mass is 433 g/mol. The summed E-state index contributed by atoms with van der Waals surface area (Å²) in [6, 6.07) is 2.59. The van der Waals surface area contributed by atoms with Crippen LogP contribution in [-0.2, 0) is 14.8 Å². The molecule has 2 rings (SSSR count). The van der Waals surface area contributed by atoms with Crippen LogP contribution in [0.2, 0.25) is 0 Å². The quantitative estimate of drug-likeness (QED) is 0.577. The number of nitrogens with one attached hydrogen (secondary N) is 1. The summed E-state index contributed by atoms with van der Waals surface area (Å²) in [6.45, 7) is 0. The van der Waals surface area contributed by atoms with Crippen LogP contribution in [0.3, 0.4) is 0 Å². The SMILES string of the molecule is COc1cc(Br)c(S(=O)(=O)NC2(O)C=CC=CC2C(=O)O)cc1OC. The molecule has 0 spiro atoms. The van der Waals surface area contributed by atoms with Crippen molar-refractivity contribution in [1.29, 1.82) is 0 Å². The number of ether oxygens (including phenoxy) is 2. The molecule has 2 atom stereocenters. The van der Waals surface area contributed by atoms with E-state index < -0.39 is 27.6 Å². The largest absolute Gasteiger partial charge is 0.493 e. The molecule has 0 fully saturated rings. The van der Waals surface area contributed by atoms with Crippen LogP contribution in [-0.4, -0.2) is 44.5 Å². The molecule has 1 aliphatic carbocycles. The van der Waals surface area contributed by atoms with Crippen molar-refractivity contribution in [2.75, 3.05) is 14.2 Å². The van der Waals surface area contributed by atoms with Gasteiger partial charge in [-0.05, 0) is 28.1 Å². The van der Waals surface area contributed by atoms with E-state index in [1.807, 2.05) is 4.72 Å². The molecule has 1 aromatic carbocycles. The van der Waals surface area contributed by atoms with E-state index in [0.29, 0.717) is 5.75 Å². The zero-order chi connectivity index (χ0) is 18.8.